The molecule has 0 radical (unpaired) electrons. The molecule has 2 fully saturated rings. The number of fused-ring (bicyclic) bond motifs is 1. The largest absolute Gasteiger partial charge is 0.462 e. The Morgan fingerprint density at radius 2 is 1.76 bits per heavy atom. The van der Waals surface area contributed by atoms with E-state index in [0.717, 1.165) is 25.7 Å². The number of aliphatic hydroxyl groups is 3. The summed E-state index contributed by atoms with van der Waals surface area (Å²) in [6.07, 6.45) is 5.78. The highest BCUT2D eigenvalue weighted by molar-refractivity contribution is 6.05. The third-order valence-corrected chi connectivity index (χ3v) is 7.92. The fourth-order valence-electron chi connectivity index (χ4n) is 5.77. The maximum absolute atomic E-state index is 13.1. The Morgan fingerprint density at radius 1 is 1.02 bits per heavy atom. The first-order valence-corrected chi connectivity index (χ1v) is 14.6. The standard InChI is InChI=1S/C33H37NO8/c1-2-40-31(37)29-25-21-24(8-10-27(25)42-30(29)33(39)14-5-6-15-33)41-26-9-7-22(20-28(36)34-17-18-35)19-23(26)11-16-32(38)12-3-4-13-32/h7-10,19,21,35,38-39H,2-6,12-15,17-18,20H2,1H3,(H,34,36). The number of carbonyl (C=O) groups excluding carboxylic acids is 2. The first kappa shape index (κ1) is 29.6. The molecule has 42 heavy (non-hydrogen) atoms. The van der Waals surface area contributed by atoms with Crippen molar-refractivity contribution in [3.8, 4) is 23.3 Å². The highest BCUT2D eigenvalue weighted by Crippen LogP contribution is 2.44. The van der Waals surface area contributed by atoms with Gasteiger partial charge in [-0.15, -0.1) is 0 Å². The zero-order valence-corrected chi connectivity index (χ0v) is 23.8. The number of nitrogens with one attached hydrogen (secondary N) is 1. The predicted molar refractivity (Wildman–Crippen MR) is 155 cm³/mol. The van der Waals surface area contributed by atoms with E-state index >= 15 is 0 Å². The molecule has 0 saturated heterocycles. The van der Waals surface area contributed by atoms with E-state index in [9.17, 15) is 19.8 Å². The SMILES string of the molecule is CCOC(=O)c1c(C2(O)CCCC2)oc2ccc(Oc3ccc(CC(=O)NCCO)cc3C#CC3(O)CCCC3)cc12. The summed E-state index contributed by atoms with van der Waals surface area (Å²) in [5.41, 5.74) is -0.452. The van der Waals surface area contributed by atoms with Gasteiger partial charge in [0, 0.05) is 11.9 Å². The van der Waals surface area contributed by atoms with Crippen LogP contribution in [0.3, 0.4) is 0 Å². The smallest absolute Gasteiger partial charge is 0.342 e. The normalized spacial score (nSPS) is 17.0. The minimum atomic E-state index is -1.23. The lowest BCUT2D eigenvalue weighted by molar-refractivity contribution is -0.120. The van der Waals surface area contributed by atoms with Crippen LogP contribution in [0.5, 0.6) is 11.5 Å². The molecule has 1 amide bonds. The van der Waals surface area contributed by atoms with Gasteiger partial charge in [0.15, 0.2) is 5.76 Å². The molecular formula is C33H37NO8. The quantitative estimate of drug-likeness (QED) is 0.217. The van der Waals surface area contributed by atoms with Crippen molar-refractivity contribution in [2.24, 2.45) is 0 Å². The monoisotopic (exact) mass is 575 g/mol. The van der Waals surface area contributed by atoms with E-state index < -0.39 is 17.2 Å². The lowest BCUT2D eigenvalue weighted by atomic mass is 9.94. The minimum Gasteiger partial charge on any atom is -0.462 e. The Bertz CT molecular complexity index is 1520. The van der Waals surface area contributed by atoms with E-state index in [1.54, 1.807) is 43.3 Å². The number of benzene rings is 2. The number of esters is 1. The van der Waals surface area contributed by atoms with E-state index in [1.165, 1.54) is 0 Å². The number of furan rings is 1. The van der Waals surface area contributed by atoms with Crippen LogP contribution < -0.4 is 10.1 Å². The first-order valence-electron chi connectivity index (χ1n) is 14.6. The van der Waals surface area contributed by atoms with Crippen LogP contribution in [-0.2, 0) is 21.6 Å². The van der Waals surface area contributed by atoms with Crippen molar-refractivity contribution in [1.29, 1.82) is 0 Å². The van der Waals surface area contributed by atoms with E-state index in [4.69, 9.17) is 19.0 Å². The van der Waals surface area contributed by atoms with Crippen LogP contribution in [0, 0.1) is 11.8 Å². The molecule has 1 aromatic heterocycles. The highest BCUT2D eigenvalue weighted by atomic mass is 16.5. The Labute approximate surface area is 244 Å². The molecule has 0 aliphatic heterocycles. The molecule has 1 heterocycles. The summed E-state index contributed by atoms with van der Waals surface area (Å²) >= 11 is 0. The van der Waals surface area contributed by atoms with Gasteiger partial charge in [-0.3, -0.25) is 4.79 Å². The number of amides is 1. The van der Waals surface area contributed by atoms with Gasteiger partial charge in [0.2, 0.25) is 5.91 Å². The predicted octanol–water partition coefficient (Wildman–Crippen LogP) is 4.47. The van der Waals surface area contributed by atoms with Crippen LogP contribution in [0.25, 0.3) is 11.0 Å². The Kier molecular flexibility index (Phi) is 8.88. The fourth-order valence-corrected chi connectivity index (χ4v) is 5.77. The first-order chi connectivity index (χ1) is 20.2. The zero-order valence-electron chi connectivity index (χ0n) is 23.8. The van der Waals surface area contributed by atoms with Crippen molar-refractivity contribution in [2.75, 3.05) is 19.8 Å². The van der Waals surface area contributed by atoms with Gasteiger partial charge >= 0.3 is 5.97 Å². The molecule has 4 N–H and O–H groups in total. The summed E-state index contributed by atoms with van der Waals surface area (Å²) in [6.45, 7) is 1.93. The summed E-state index contributed by atoms with van der Waals surface area (Å²) < 4.78 is 17.7. The van der Waals surface area contributed by atoms with Crippen LogP contribution in [0.15, 0.2) is 40.8 Å². The summed E-state index contributed by atoms with van der Waals surface area (Å²) in [5.74, 6) is 6.35. The van der Waals surface area contributed by atoms with E-state index in [1.807, 2.05) is 0 Å². The third kappa shape index (κ3) is 6.46. The van der Waals surface area contributed by atoms with Crippen molar-refractivity contribution < 1.29 is 38.8 Å². The van der Waals surface area contributed by atoms with Crippen LogP contribution in [0.1, 0.15) is 85.5 Å². The van der Waals surface area contributed by atoms with E-state index in [-0.39, 0.29) is 43.4 Å². The van der Waals surface area contributed by atoms with Gasteiger partial charge in [0.05, 0.1) is 25.2 Å². The second-order valence-corrected chi connectivity index (χ2v) is 11.1. The number of rotatable bonds is 9. The maximum atomic E-state index is 13.1. The fraction of sp³-hybridized carbons (Fsp3) is 0.455. The Balaban J connectivity index is 1.51. The summed E-state index contributed by atoms with van der Waals surface area (Å²) in [5, 5.41) is 34.2. The Hall–Kier alpha value is -3.84. The van der Waals surface area contributed by atoms with Crippen molar-refractivity contribution in [3.63, 3.8) is 0 Å². The van der Waals surface area contributed by atoms with E-state index in [2.05, 4.69) is 17.2 Å². The lowest BCUT2D eigenvalue weighted by Crippen LogP contribution is -2.27. The summed E-state index contributed by atoms with van der Waals surface area (Å²) in [4.78, 5) is 25.3. The molecule has 3 aromatic rings. The molecule has 0 unspecified atom stereocenters. The number of hydrogen-bond acceptors (Lipinski definition) is 8. The third-order valence-electron chi connectivity index (χ3n) is 7.92. The van der Waals surface area contributed by atoms with Gasteiger partial charge in [0.25, 0.3) is 0 Å². The molecule has 0 bridgehead atoms. The van der Waals surface area contributed by atoms with Crippen LogP contribution >= 0.6 is 0 Å². The summed E-state index contributed by atoms with van der Waals surface area (Å²) in [7, 11) is 0. The molecule has 2 aromatic carbocycles. The van der Waals surface area contributed by atoms with Gasteiger partial charge in [-0.25, -0.2) is 4.79 Å². The van der Waals surface area contributed by atoms with Gasteiger partial charge < -0.3 is 34.5 Å². The highest BCUT2D eigenvalue weighted by Gasteiger charge is 2.41. The van der Waals surface area contributed by atoms with E-state index in [0.29, 0.717) is 59.3 Å². The van der Waals surface area contributed by atoms with Crippen molar-refractivity contribution >= 4 is 22.8 Å². The lowest BCUT2D eigenvalue weighted by Gasteiger charge is -2.20. The topological polar surface area (TPSA) is 138 Å². The van der Waals surface area contributed by atoms with Crippen LogP contribution in [0.2, 0.25) is 0 Å². The molecule has 0 spiro atoms. The molecule has 2 aliphatic rings. The number of hydrogen-bond donors (Lipinski definition) is 4. The molecule has 2 saturated carbocycles. The average Bonchev–Trinajstić information content (AvgIpc) is 3.71. The van der Waals surface area contributed by atoms with Crippen molar-refractivity contribution in [2.45, 2.75) is 75.9 Å². The molecule has 222 valence electrons. The molecular weight excluding hydrogens is 538 g/mol. The average molecular weight is 576 g/mol. The number of ether oxygens (including phenoxy) is 2. The zero-order chi connectivity index (χ0) is 29.7. The van der Waals surface area contributed by atoms with Crippen LogP contribution in [-0.4, -0.2) is 52.6 Å². The molecule has 2 aliphatic carbocycles. The summed E-state index contributed by atoms with van der Waals surface area (Å²) in [6, 6.07) is 10.3. The van der Waals surface area contributed by atoms with Gasteiger partial charge in [-0.2, -0.15) is 0 Å². The molecule has 5 rings (SSSR count). The number of aliphatic hydroxyl groups excluding tert-OH is 1. The van der Waals surface area contributed by atoms with Crippen molar-refractivity contribution in [3.05, 3.63) is 58.8 Å². The number of carbonyl (C=O) groups is 2. The second-order valence-electron chi connectivity index (χ2n) is 11.1. The van der Waals surface area contributed by atoms with Crippen molar-refractivity contribution in [1.82, 2.24) is 5.32 Å². The Morgan fingerprint density at radius 3 is 2.48 bits per heavy atom. The molecule has 0 atom stereocenters. The van der Waals surface area contributed by atoms with Gasteiger partial charge in [0.1, 0.15) is 33.8 Å². The van der Waals surface area contributed by atoms with Gasteiger partial charge in [-0.05, 0) is 94.2 Å². The molecule has 9 heteroatoms. The van der Waals surface area contributed by atoms with Gasteiger partial charge in [-0.1, -0.05) is 17.9 Å². The molecule has 9 nitrogen and oxygen atoms in total. The minimum absolute atomic E-state index is 0.0921. The second kappa shape index (κ2) is 12.6. The van der Waals surface area contributed by atoms with Crippen LogP contribution in [0.4, 0.5) is 0 Å². The maximum Gasteiger partial charge on any atom is 0.342 e.